The molecule has 1 aromatic heterocycles. The molecular formula is C20H20N2OS. The molecule has 4 heteroatoms. The third-order valence-electron chi connectivity index (χ3n) is 3.78. The molecular weight excluding hydrogens is 316 g/mol. The zero-order valence-electron chi connectivity index (χ0n) is 13.7. The fraction of sp³-hybridized carbons (Fsp3) is 0.250. The Morgan fingerprint density at radius 2 is 1.96 bits per heavy atom. The van der Waals surface area contributed by atoms with Gasteiger partial charge in [0.15, 0.2) is 5.16 Å². The fourth-order valence-electron chi connectivity index (χ4n) is 2.52. The minimum Gasteiger partial charge on any atom is -0.493 e. The normalized spacial score (nSPS) is 10.7. The van der Waals surface area contributed by atoms with Crippen LogP contribution in [0.4, 0.5) is 0 Å². The van der Waals surface area contributed by atoms with Gasteiger partial charge in [-0.05, 0) is 36.2 Å². The van der Waals surface area contributed by atoms with Crippen LogP contribution >= 0.6 is 11.8 Å². The highest BCUT2D eigenvalue weighted by Gasteiger charge is 2.09. The van der Waals surface area contributed by atoms with Crippen molar-refractivity contribution in [3.8, 4) is 18.1 Å². The van der Waals surface area contributed by atoms with Crippen LogP contribution in [0.2, 0.25) is 0 Å². The number of hydrogen-bond acceptors (Lipinski definition) is 3. The van der Waals surface area contributed by atoms with Crippen LogP contribution in [-0.2, 0) is 13.0 Å². The zero-order valence-corrected chi connectivity index (χ0v) is 14.6. The highest BCUT2D eigenvalue weighted by atomic mass is 32.2. The minimum absolute atomic E-state index is 0.530. The van der Waals surface area contributed by atoms with E-state index in [4.69, 9.17) is 11.2 Å². The molecule has 0 bridgehead atoms. The molecule has 0 N–H and O–H groups in total. The second-order valence-corrected chi connectivity index (χ2v) is 6.43. The fourth-order valence-corrected chi connectivity index (χ4v) is 3.35. The van der Waals surface area contributed by atoms with Crippen molar-refractivity contribution in [2.45, 2.75) is 25.0 Å². The Labute approximate surface area is 147 Å². The van der Waals surface area contributed by atoms with Gasteiger partial charge in [-0.15, -0.1) is 6.42 Å². The third kappa shape index (κ3) is 3.74. The van der Waals surface area contributed by atoms with Crippen molar-refractivity contribution >= 4 is 22.8 Å². The molecule has 0 unspecified atom stereocenters. The van der Waals surface area contributed by atoms with Crippen LogP contribution in [-0.4, -0.2) is 21.9 Å². The Bertz CT molecular complexity index is 846. The molecule has 0 radical (unpaired) electrons. The second-order valence-electron chi connectivity index (χ2n) is 5.37. The molecule has 2 aromatic carbocycles. The summed E-state index contributed by atoms with van der Waals surface area (Å²) in [4.78, 5) is 4.67. The average molecular weight is 336 g/mol. The summed E-state index contributed by atoms with van der Waals surface area (Å²) in [5, 5.41) is 0.944. The number of imidazole rings is 1. The van der Waals surface area contributed by atoms with Crippen molar-refractivity contribution in [3.63, 3.8) is 0 Å². The van der Waals surface area contributed by atoms with E-state index in [9.17, 15) is 0 Å². The maximum Gasteiger partial charge on any atom is 0.170 e. The van der Waals surface area contributed by atoms with Crippen LogP contribution in [0.15, 0.2) is 53.7 Å². The van der Waals surface area contributed by atoms with Crippen molar-refractivity contribution in [2.24, 2.45) is 0 Å². The second kappa shape index (κ2) is 7.94. The van der Waals surface area contributed by atoms with Gasteiger partial charge in [0.2, 0.25) is 0 Å². The topological polar surface area (TPSA) is 27.1 Å². The van der Waals surface area contributed by atoms with E-state index in [-0.39, 0.29) is 0 Å². The number of rotatable bonds is 7. The quantitative estimate of drug-likeness (QED) is 0.363. The van der Waals surface area contributed by atoms with E-state index in [0.29, 0.717) is 13.2 Å². The molecule has 3 rings (SSSR count). The van der Waals surface area contributed by atoms with Crippen LogP contribution in [0.25, 0.3) is 11.0 Å². The van der Waals surface area contributed by atoms with Crippen LogP contribution in [0, 0.1) is 12.3 Å². The Morgan fingerprint density at radius 1 is 1.17 bits per heavy atom. The molecule has 0 aliphatic heterocycles. The maximum atomic E-state index is 5.80. The summed E-state index contributed by atoms with van der Waals surface area (Å²) >= 11 is 1.67. The number of aryl methyl sites for hydroxylation is 1. The van der Waals surface area contributed by atoms with E-state index in [1.54, 1.807) is 11.8 Å². The minimum atomic E-state index is 0.530. The van der Waals surface area contributed by atoms with Crippen LogP contribution < -0.4 is 4.74 Å². The van der Waals surface area contributed by atoms with Crippen molar-refractivity contribution in [3.05, 3.63) is 54.1 Å². The molecule has 0 fully saturated rings. The number of nitrogens with zero attached hydrogens (tertiary/aromatic N) is 2. The number of fused-ring (bicyclic) bond motifs is 1. The number of benzene rings is 2. The van der Waals surface area contributed by atoms with Crippen molar-refractivity contribution in [1.29, 1.82) is 0 Å². The van der Waals surface area contributed by atoms with Gasteiger partial charge >= 0.3 is 0 Å². The van der Waals surface area contributed by atoms with Gasteiger partial charge in [0, 0.05) is 5.75 Å². The molecule has 0 saturated carbocycles. The van der Waals surface area contributed by atoms with Gasteiger partial charge < -0.3 is 9.30 Å². The standard InChI is InChI=1S/C20H20N2OS/c1-3-13-22-19-8-6-5-7-18(19)21-20(22)24-15-14-23-17-11-9-16(4-2)10-12-17/h1,5-12H,4,13-15H2,2H3. The molecule has 0 amide bonds. The van der Waals surface area contributed by atoms with Gasteiger partial charge in [0.1, 0.15) is 5.75 Å². The van der Waals surface area contributed by atoms with Crippen molar-refractivity contribution in [1.82, 2.24) is 9.55 Å². The smallest absolute Gasteiger partial charge is 0.170 e. The molecule has 0 atom stereocenters. The molecule has 0 aliphatic rings. The summed E-state index contributed by atoms with van der Waals surface area (Å²) in [5.74, 6) is 4.44. The predicted molar refractivity (Wildman–Crippen MR) is 101 cm³/mol. The van der Waals surface area contributed by atoms with Crippen molar-refractivity contribution < 1.29 is 4.74 Å². The summed E-state index contributed by atoms with van der Waals surface area (Å²) in [5.41, 5.74) is 3.38. The van der Waals surface area contributed by atoms with E-state index in [1.165, 1.54) is 5.56 Å². The summed E-state index contributed by atoms with van der Waals surface area (Å²) in [6.45, 7) is 3.31. The molecule has 122 valence electrons. The summed E-state index contributed by atoms with van der Waals surface area (Å²) in [7, 11) is 0. The first kappa shape index (κ1) is 16.5. The monoisotopic (exact) mass is 336 g/mol. The highest BCUT2D eigenvalue weighted by Crippen LogP contribution is 2.24. The van der Waals surface area contributed by atoms with Crippen molar-refractivity contribution in [2.75, 3.05) is 12.4 Å². The Hall–Kier alpha value is -2.38. The SMILES string of the molecule is C#CCn1c(SCCOc2ccc(CC)cc2)nc2ccccc21. The number of para-hydroxylation sites is 2. The molecule has 1 heterocycles. The number of thioether (sulfide) groups is 1. The molecule has 24 heavy (non-hydrogen) atoms. The lowest BCUT2D eigenvalue weighted by Crippen LogP contribution is -2.03. The lowest BCUT2D eigenvalue weighted by molar-refractivity contribution is 0.343. The summed E-state index contributed by atoms with van der Waals surface area (Å²) in [6.07, 6.45) is 6.54. The van der Waals surface area contributed by atoms with E-state index >= 15 is 0 Å². The van der Waals surface area contributed by atoms with E-state index in [2.05, 4.69) is 40.6 Å². The molecule has 3 nitrogen and oxygen atoms in total. The lowest BCUT2D eigenvalue weighted by Gasteiger charge is -2.07. The average Bonchev–Trinajstić information content (AvgIpc) is 2.97. The first-order valence-electron chi connectivity index (χ1n) is 8.05. The Balaban J connectivity index is 1.61. The maximum absolute atomic E-state index is 5.80. The number of aromatic nitrogens is 2. The van der Waals surface area contributed by atoms with E-state index in [0.717, 1.165) is 34.1 Å². The van der Waals surface area contributed by atoms with E-state index < -0.39 is 0 Å². The van der Waals surface area contributed by atoms with Crippen LogP contribution in [0.1, 0.15) is 12.5 Å². The van der Waals surface area contributed by atoms with Gasteiger partial charge in [0.25, 0.3) is 0 Å². The Morgan fingerprint density at radius 3 is 2.71 bits per heavy atom. The number of terminal acetylenes is 1. The first-order chi connectivity index (χ1) is 11.8. The van der Waals surface area contributed by atoms with Gasteiger partial charge in [-0.3, -0.25) is 0 Å². The zero-order chi connectivity index (χ0) is 16.8. The third-order valence-corrected chi connectivity index (χ3v) is 4.72. The van der Waals surface area contributed by atoms with Gasteiger partial charge in [0.05, 0.1) is 24.2 Å². The molecule has 0 aliphatic carbocycles. The van der Waals surface area contributed by atoms with Gasteiger partial charge in [-0.2, -0.15) is 0 Å². The summed E-state index contributed by atoms with van der Waals surface area (Å²) in [6, 6.07) is 16.3. The molecule has 0 spiro atoms. The van der Waals surface area contributed by atoms with Gasteiger partial charge in [-0.25, -0.2) is 4.98 Å². The van der Waals surface area contributed by atoms with E-state index in [1.807, 2.05) is 30.3 Å². The number of ether oxygens (including phenoxy) is 1. The summed E-state index contributed by atoms with van der Waals surface area (Å²) < 4.78 is 7.88. The predicted octanol–water partition coefficient (Wildman–Crippen LogP) is 4.40. The van der Waals surface area contributed by atoms with Crippen LogP contribution in [0.3, 0.4) is 0 Å². The largest absolute Gasteiger partial charge is 0.493 e. The lowest BCUT2D eigenvalue weighted by atomic mass is 10.2. The van der Waals surface area contributed by atoms with Gasteiger partial charge in [-0.1, -0.05) is 48.9 Å². The molecule has 3 aromatic rings. The van der Waals surface area contributed by atoms with Crippen LogP contribution in [0.5, 0.6) is 5.75 Å². The number of hydrogen-bond donors (Lipinski definition) is 0. The molecule has 0 saturated heterocycles. The Kier molecular flexibility index (Phi) is 5.45. The first-order valence-corrected chi connectivity index (χ1v) is 9.03. The highest BCUT2D eigenvalue weighted by molar-refractivity contribution is 7.99.